The number of nitrogens with one attached hydrogen (secondary N) is 1. The summed E-state index contributed by atoms with van der Waals surface area (Å²) in [5.74, 6) is -0.607. The second-order valence-electron chi connectivity index (χ2n) is 4.82. The minimum Gasteiger partial charge on any atom is -0.508 e. The third-order valence-corrected chi connectivity index (χ3v) is 3.09. The summed E-state index contributed by atoms with van der Waals surface area (Å²) >= 11 is 0. The van der Waals surface area contributed by atoms with Crippen LogP contribution in [0.15, 0.2) is 18.2 Å². The first-order valence-electron chi connectivity index (χ1n) is 5.94. The first-order valence-corrected chi connectivity index (χ1v) is 5.94. The van der Waals surface area contributed by atoms with Crippen molar-refractivity contribution in [1.29, 1.82) is 0 Å². The molecule has 3 N–H and O–H groups in total. The van der Waals surface area contributed by atoms with E-state index in [9.17, 15) is 15.0 Å². The van der Waals surface area contributed by atoms with E-state index in [1.807, 2.05) is 6.92 Å². The molecule has 0 saturated carbocycles. The van der Waals surface area contributed by atoms with Crippen molar-refractivity contribution in [2.75, 3.05) is 13.2 Å². The van der Waals surface area contributed by atoms with Crippen LogP contribution < -0.4 is 5.32 Å². The van der Waals surface area contributed by atoms with Gasteiger partial charge in [0.2, 0.25) is 0 Å². The standard InChI is InChI=1S/C13H17NO4/c1-13(3-2-4-18-13)8-14-12(17)9-5-10(15)7-11(16)6-9/h5-7,15-16H,2-4,8H2,1H3,(H,14,17). The van der Waals surface area contributed by atoms with Crippen molar-refractivity contribution < 1.29 is 19.7 Å². The fourth-order valence-corrected chi connectivity index (χ4v) is 2.07. The van der Waals surface area contributed by atoms with Crippen molar-refractivity contribution in [2.45, 2.75) is 25.4 Å². The number of ether oxygens (including phenoxy) is 1. The Bertz CT molecular complexity index is 432. The maximum atomic E-state index is 11.9. The fourth-order valence-electron chi connectivity index (χ4n) is 2.07. The summed E-state index contributed by atoms with van der Waals surface area (Å²) in [6, 6.07) is 3.80. The molecule has 1 amide bonds. The van der Waals surface area contributed by atoms with E-state index in [1.165, 1.54) is 18.2 Å². The smallest absolute Gasteiger partial charge is 0.251 e. The van der Waals surface area contributed by atoms with Gasteiger partial charge >= 0.3 is 0 Å². The number of carbonyl (C=O) groups excluding carboxylic acids is 1. The summed E-state index contributed by atoms with van der Waals surface area (Å²) < 4.78 is 5.56. The van der Waals surface area contributed by atoms with Gasteiger partial charge in [0.05, 0.1) is 5.60 Å². The van der Waals surface area contributed by atoms with Gasteiger partial charge in [-0.25, -0.2) is 0 Å². The number of phenols is 2. The van der Waals surface area contributed by atoms with Crippen LogP contribution in [-0.2, 0) is 4.74 Å². The predicted molar refractivity (Wildman–Crippen MR) is 65.7 cm³/mol. The third-order valence-electron chi connectivity index (χ3n) is 3.09. The summed E-state index contributed by atoms with van der Waals surface area (Å²) in [7, 11) is 0. The SMILES string of the molecule is CC1(CNC(=O)c2cc(O)cc(O)c2)CCCO1. The van der Waals surface area contributed by atoms with Crippen molar-refractivity contribution in [3.05, 3.63) is 23.8 Å². The highest BCUT2D eigenvalue weighted by Gasteiger charge is 2.30. The molecule has 1 aliphatic rings. The zero-order valence-corrected chi connectivity index (χ0v) is 10.3. The lowest BCUT2D eigenvalue weighted by Crippen LogP contribution is -2.40. The average Bonchev–Trinajstić information content (AvgIpc) is 2.72. The molecule has 0 aromatic heterocycles. The monoisotopic (exact) mass is 251 g/mol. The molecule has 1 aliphatic heterocycles. The number of aromatic hydroxyl groups is 2. The van der Waals surface area contributed by atoms with E-state index in [0.717, 1.165) is 19.4 Å². The Balaban J connectivity index is 1.99. The minimum atomic E-state index is -0.335. The molecular formula is C13H17NO4. The van der Waals surface area contributed by atoms with Crippen molar-refractivity contribution in [3.63, 3.8) is 0 Å². The van der Waals surface area contributed by atoms with Crippen LogP contribution in [0.1, 0.15) is 30.1 Å². The Kier molecular flexibility index (Phi) is 3.43. The van der Waals surface area contributed by atoms with Crippen molar-refractivity contribution in [1.82, 2.24) is 5.32 Å². The van der Waals surface area contributed by atoms with E-state index >= 15 is 0 Å². The zero-order valence-electron chi connectivity index (χ0n) is 10.3. The van der Waals surface area contributed by atoms with E-state index < -0.39 is 0 Å². The van der Waals surface area contributed by atoms with Crippen LogP contribution in [0.2, 0.25) is 0 Å². The van der Waals surface area contributed by atoms with Crippen LogP contribution in [0.5, 0.6) is 11.5 Å². The molecule has 1 heterocycles. The Labute approximate surface area is 105 Å². The number of phenolic OH excluding ortho intramolecular Hbond substituents is 2. The van der Waals surface area contributed by atoms with Crippen LogP contribution in [0.4, 0.5) is 0 Å². The second kappa shape index (κ2) is 4.86. The summed E-state index contributed by atoms with van der Waals surface area (Å²) in [5.41, 5.74) is -0.0803. The van der Waals surface area contributed by atoms with Gasteiger partial charge in [-0.15, -0.1) is 0 Å². The van der Waals surface area contributed by atoms with Crippen LogP contribution in [0, 0.1) is 0 Å². The first-order chi connectivity index (χ1) is 8.48. The average molecular weight is 251 g/mol. The van der Waals surface area contributed by atoms with Crippen LogP contribution in [0.25, 0.3) is 0 Å². The molecule has 1 aromatic carbocycles. The van der Waals surface area contributed by atoms with Crippen molar-refractivity contribution >= 4 is 5.91 Å². The van der Waals surface area contributed by atoms with Gasteiger partial charge in [-0.3, -0.25) is 4.79 Å². The Morgan fingerprint density at radius 1 is 1.39 bits per heavy atom. The highest BCUT2D eigenvalue weighted by atomic mass is 16.5. The second-order valence-corrected chi connectivity index (χ2v) is 4.82. The lowest BCUT2D eigenvalue weighted by Gasteiger charge is -2.23. The molecule has 1 unspecified atom stereocenters. The largest absolute Gasteiger partial charge is 0.508 e. The predicted octanol–water partition coefficient (Wildman–Crippen LogP) is 1.40. The van der Waals surface area contributed by atoms with E-state index in [4.69, 9.17) is 4.74 Å². The molecule has 2 rings (SSSR count). The summed E-state index contributed by atoms with van der Waals surface area (Å²) in [6.45, 7) is 3.10. The van der Waals surface area contributed by atoms with E-state index in [-0.39, 0.29) is 28.6 Å². The molecule has 0 radical (unpaired) electrons. The molecule has 0 bridgehead atoms. The highest BCUT2D eigenvalue weighted by molar-refractivity contribution is 5.95. The van der Waals surface area contributed by atoms with Crippen molar-refractivity contribution in [3.8, 4) is 11.5 Å². The Morgan fingerprint density at radius 2 is 2.06 bits per heavy atom. The van der Waals surface area contributed by atoms with Gasteiger partial charge < -0.3 is 20.3 Å². The molecule has 5 heteroatoms. The Morgan fingerprint density at radius 3 is 2.61 bits per heavy atom. The number of hydrogen-bond acceptors (Lipinski definition) is 4. The molecule has 98 valence electrons. The third kappa shape index (κ3) is 2.92. The topological polar surface area (TPSA) is 78.8 Å². The molecule has 5 nitrogen and oxygen atoms in total. The lowest BCUT2D eigenvalue weighted by molar-refractivity contribution is 0.0206. The Hall–Kier alpha value is -1.75. The first kappa shape index (κ1) is 12.7. The number of carbonyl (C=O) groups is 1. The van der Waals surface area contributed by atoms with Gasteiger partial charge in [0.25, 0.3) is 5.91 Å². The summed E-state index contributed by atoms with van der Waals surface area (Å²) in [6.07, 6.45) is 1.91. The van der Waals surface area contributed by atoms with E-state index in [0.29, 0.717) is 6.54 Å². The van der Waals surface area contributed by atoms with E-state index in [2.05, 4.69) is 5.32 Å². The lowest BCUT2D eigenvalue weighted by atomic mass is 10.0. The molecule has 1 aromatic rings. The minimum absolute atomic E-state index is 0.136. The normalized spacial score (nSPS) is 22.9. The van der Waals surface area contributed by atoms with Gasteiger partial charge in [0, 0.05) is 24.8 Å². The fraction of sp³-hybridized carbons (Fsp3) is 0.462. The molecule has 1 saturated heterocycles. The zero-order chi connectivity index (χ0) is 13.2. The quantitative estimate of drug-likeness (QED) is 0.758. The maximum Gasteiger partial charge on any atom is 0.251 e. The van der Waals surface area contributed by atoms with Gasteiger partial charge in [0.1, 0.15) is 11.5 Å². The summed E-state index contributed by atoms with van der Waals surface area (Å²) in [4.78, 5) is 11.9. The molecule has 0 aliphatic carbocycles. The number of benzene rings is 1. The number of hydrogen-bond donors (Lipinski definition) is 3. The van der Waals surface area contributed by atoms with Gasteiger partial charge in [0.15, 0.2) is 0 Å². The van der Waals surface area contributed by atoms with Crippen LogP contribution in [-0.4, -0.2) is 34.9 Å². The molecule has 1 fully saturated rings. The molecular weight excluding hydrogens is 234 g/mol. The summed E-state index contributed by atoms with van der Waals surface area (Å²) in [5, 5.41) is 21.4. The molecule has 0 spiro atoms. The number of rotatable bonds is 3. The van der Waals surface area contributed by atoms with Crippen molar-refractivity contribution in [2.24, 2.45) is 0 Å². The molecule has 1 atom stereocenters. The van der Waals surface area contributed by atoms with Gasteiger partial charge in [-0.2, -0.15) is 0 Å². The van der Waals surface area contributed by atoms with Gasteiger partial charge in [-0.1, -0.05) is 0 Å². The number of amides is 1. The van der Waals surface area contributed by atoms with Gasteiger partial charge in [-0.05, 0) is 31.9 Å². The van der Waals surface area contributed by atoms with E-state index in [1.54, 1.807) is 0 Å². The molecule has 18 heavy (non-hydrogen) atoms. The van der Waals surface area contributed by atoms with Crippen LogP contribution >= 0.6 is 0 Å². The van der Waals surface area contributed by atoms with Crippen LogP contribution in [0.3, 0.4) is 0 Å². The maximum absolute atomic E-state index is 11.9. The highest BCUT2D eigenvalue weighted by Crippen LogP contribution is 2.24.